The molecular formula is C34H33AsClF3N2O6. The zero-order valence-corrected chi connectivity index (χ0v) is 27.9. The van der Waals surface area contributed by atoms with Gasteiger partial charge in [0.05, 0.1) is 5.56 Å². The van der Waals surface area contributed by atoms with Gasteiger partial charge in [-0.3, -0.25) is 4.79 Å². The molecule has 2 amide bonds. The normalized spacial score (nSPS) is 12.9. The Kier molecular flexibility index (Phi) is 11.6. The van der Waals surface area contributed by atoms with E-state index < -0.39 is 31.8 Å². The van der Waals surface area contributed by atoms with Crippen LogP contribution in [0.2, 0.25) is 5.02 Å². The van der Waals surface area contributed by atoms with Crippen molar-refractivity contribution >= 4 is 47.6 Å². The van der Waals surface area contributed by atoms with Gasteiger partial charge in [-0.1, -0.05) is 60.1 Å². The van der Waals surface area contributed by atoms with Crippen LogP contribution in [-0.2, 0) is 27.7 Å². The van der Waals surface area contributed by atoms with Crippen LogP contribution >= 0.6 is 11.6 Å². The van der Waals surface area contributed by atoms with Crippen molar-refractivity contribution in [3.63, 3.8) is 0 Å². The molecule has 0 radical (unpaired) electrons. The van der Waals surface area contributed by atoms with Gasteiger partial charge in [-0.15, -0.1) is 0 Å². The Balaban J connectivity index is 0.000000280. The number of nitrogens with zero attached hydrogens (tertiary/aromatic N) is 1. The Morgan fingerprint density at radius 2 is 1.60 bits per heavy atom. The van der Waals surface area contributed by atoms with Gasteiger partial charge in [0.1, 0.15) is 0 Å². The van der Waals surface area contributed by atoms with Crippen LogP contribution in [0.5, 0.6) is 5.75 Å². The number of aromatic hydroxyl groups is 1. The van der Waals surface area contributed by atoms with Crippen LogP contribution in [-0.4, -0.2) is 50.7 Å². The molecule has 47 heavy (non-hydrogen) atoms. The van der Waals surface area contributed by atoms with Crippen LogP contribution in [0.4, 0.5) is 18.9 Å². The molecule has 1 aliphatic carbocycles. The van der Waals surface area contributed by atoms with E-state index >= 15 is 0 Å². The number of carbonyl (C=O) groups is 2. The zero-order chi connectivity index (χ0) is 34.4. The number of hydrogen-bond acceptors (Lipinski definition) is 4. The minimum Gasteiger partial charge on any atom is -0.334 e. The predicted octanol–water partition coefficient (Wildman–Crippen LogP) is 6.03. The second-order valence-corrected chi connectivity index (χ2v) is 14.8. The van der Waals surface area contributed by atoms with Crippen LogP contribution in [0, 0.1) is 0 Å². The SMILES string of the molecule is CC(=O)Nc1c(O)cccc1[As](=O)(O)O.O=C(c1cccc(Cl)c1)N(CCc1cccc(C(F)(F)F)c1)Cc1ccc(C2CC2)cc1. The molecule has 0 atom stereocenters. The Bertz CT molecular complexity index is 1770. The van der Waals surface area contributed by atoms with Crippen molar-refractivity contribution in [2.75, 3.05) is 11.9 Å². The van der Waals surface area contributed by atoms with E-state index in [1.165, 1.54) is 49.6 Å². The van der Waals surface area contributed by atoms with Crippen molar-refractivity contribution in [2.24, 2.45) is 0 Å². The number of para-hydroxylation sites is 1. The molecule has 4 aromatic carbocycles. The smallest absolute Gasteiger partial charge is 0.334 e. The van der Waals surface area contributed by atoms with Crippen molar-refractivity contribution in [2.45, 2.75) is 44.8 Å². The number of anilines is 1. The van der Waals surface area contributed by atoms with E-state index in [-0.39, 0.29) is 28.2 Å². The van der Waals surface area contributed by atoms with E-state index in [0.29, 0.717) is 35.0 Å². The minimum absolute atomic E-state index is 0.203. The molecular weight excluding hydrogens is 700 g/mol. The maximum atomic E-state index is 13.2. The van der Waals surface area contributed by atoms with E-state index in [4.69, 9.17) is 19.8 Å². The summed E-state index contributed by atoms with van der Waals surface area (Å²) in [6.07, 6.45) is -1.64. The molecule has 0 aliphatic heterocycles. The second-order valence-electron chi connectivity index (χ2n) is 11.1. The Morgan fingerprint density at radius 1 is 0.936 bits per heavy atom. The Labute approximate surface area is 277 Å². The molecule has 1 fully saturated rings. The molecule has 13 heteroatoms. The summed E-state index contributed by atoms with van der Waals surface area (Å²) in [5, 5.41) is 12.0. The van der Waals surface area contributed by atoms with Gasteiger partial charge in [0.25, 0.3) is 5.91 Å². The van der Waals surface area contributed by atoms with Gasteiger partial charge in [-0.25, -0.2) is 0 Å². The number of phenolic OH excluding ortho intramolecular Hbond substituents is 1. The molecule has 5 rings (SSSR count). The molecule has 248 valence electrons. The number of benzene rings is 4. The second kappa shape index (κ2) is 15.3. The fourth-order valence-corrected chi connectivity index (χ4v) is 6.58. The van der Waals surface area contributed by atoms with Gasteiger partial charge in [0.15, 0.2) is 0 Å². The van der Waals surface area contributed by atoms with E-state index in [9.17, 15) is 31.6 Å². The third kappa shape index (κ3) is 10.5. The van der Waals surface area contributed by atoms with Gasteiger partial charge >= 0.3 is 94.3 Å². The molecule has 4 N–H and O–H groups in total. The molecule has 1 saturated carbocycles. The van der Waals surface area contributed by atoms with Crippen LogP contribution in [0.1, 0.15) is 58.3 Å². The monoisotopic (exact) mass is 732 g/mol. The van der Waals surface area contributed by atoms with Crippen molar-refractivity contribution in [1.29, 1.82) is 0 Å². The third-order valence-electron chi connectivity index (χ3n) is 7.32. The molecule has 0 spiro atoms. The average molecular weight is 733 g/mol. The molecule has 0 aromatic heterocycles. The summed E-state index contributed by atoms with van der Waals surface area (Å²) in [6, 6.07) is 23.9. The summed E-state index contributed by atoms with van der Waals surface area (Å²) in [4.78, 5) is 25.7. The molecule has 4 aromatic rings. The summed E-state index contributed by atoms with van der Waals surface area (Å²) >= 11 is 0.921. The van der Waals surface area contributed by atoms with Crippen molar-refractivity contribution in [1.82, 2.24) is 4.90 Å². The largest absolute Gasteiger partial charge is 0.416 e. The van der Waals surface area contributed by atoms with Crippen LogP contribution < -0.4 is 9.67 Å². The van der Waals surface area contributed by atoms with Crippen LogP contribution in [0.25, 0.3) is 0 Å². The standard InChI is InChI=1S/C26H23ClF3NO.C8H10AsNO5/c27-24-6-2-4-22(16-24)25(32)31(17-19-7-9-20(10-8-19)21-11-12-21)14-13-18-3-1-5-23(15-18)26(28,29)30;1-5(11)10-8-6(9(13,14)15)3-2-4-7(8)12/h1-10,15-16,21H,11-14,17H2;2-4,12H,1H3,(H,10,11)(H2,13,14,15). The number of amides is 2. The molecule has 0 saturated heterocycles. The fraction of sp³-hybridized carbons (Fsp3) is 0.235. The maximum Gasteiger partial charge on any atom is 0.416 e. The van der Waals surface area contributed by atoms with Gasteiger partial charge in [-0.2, -0.15) is 13.2 Å². The summed E-state index contributed by atoms with van der Waals surface area (Å²) < 4.78 is 67.9. The van der Waals surface area contributed by atoms with Crippen LogP contribution in [0.15, 0.2) is 91.0 Å². The number of nitrogens with one attached hydrogen (secondary N) is 1. The summed E-state index contributed by atoms with van der Waals surface area (Å²) in [5.74, 6) is -0.436. The first kappa shape index (κ1) is 35.8. The average Bonchev–Trinajstić information content (AvgIpc) is 3.85. The van der Waals surface area contributed by atoms with E-state index in [1.807, 2.05) is 12.1 Å². The number of halogens is 4. The predicted molar refractivity (Wildman–Crippen MR) is 173 cm³/mol. The van der Waals surface area contributed by atoms with E-state index in [0.717, 1.165) is 17.7 Å². The summed E-state index contributed by atoms with van der Waals surface area (Å²) in [7, 11) is 0. The number of phenols is 1. The third-order valence-corrected chi connectivity index (χ3v) is 9.65. The zero-order valence-electron chi connectivity index (χ0n) is 25.2. The van der Waals surface area contributed by atoms with Crippen molar-refractivity contribution in [3.8, 4) is 5.75 Å². The maximum absolute atomic E-state index is 13.2. The summed E-state index contributed by atoms with van der Waals surface area (Å²) in [6.45, 7) is 1.84. The number of hydrogen-bond donors (Lipinski definition) is 4. The van der Waals surface area contributed by atoms with Crippen molar-refractivity contribution < 1.29 is 39.8 Å². The molecule has 0 bridgehead atoms. The van der Waals surface area contributed by atoms with E-state index in [2.05, 4.69) is 17.4 Å². The first-order chi connectivity index (χ1) is 22.1. The first-order valence-electron chi connectivity index (χ1n) is 14.6. The summed E-state index contributed by atoms with van der Waals surface area (Å²) in [5.41, 5.74) is 2.37. The van der Waals surface area contributed by atoms with Crippen molar-refractivity contribution in [3.05, 3.63) is 124 Å². The molecule has 8 nitrogen and oxygen atoms in total. The molecule has 0 unspecified atom stereocenters. The Morgan fingerprint density at radius 3 is 2.19 bits per heavy atom. The fourth-order valence-electron chi connectivity index (χ4n) is 4.83. The minimum atomic E-state index is -5.14. The van der Waals surface area contributed by atoms with Gasteiger partial charge in [-0.05, 0) is 66.1 Å². The molecule has 0 heterocycles. The van der Waals surface area contributed by atoms with Crippen LogP contribution in [0.3, 0.4) is 0 Å². The number of rotatable bonds is 9. The van der Waals surface area contributed by atoms with Gasteiger partial charge in [0.2, 0.25) is 0 Å². The Hall–Kier alpha value is -4.02. The number of carbonyl (C=O) groups excluding carboxylic acids is 2. The first-order valence-corrected chi connectivity index (χ1v) is 18.3. The quantitative estimate of drug-likeness (QED) is 0.123. The molecule has 1 aliphatic rings. The number of alkyl halides is 3. The van der Waals surface area contributed by atoms with Gasteiger partial charge in [0, 0.05) is 23.7 Å². The van der Waals surface area contributed by atoms with Gasteiger partial charge < -0.3 is 4.90 Å². The topological polar surface area (TPSA) is 127 Å². The van der Waals surface area contributed by atoms with E-state index in [1.54, 1.807) is 35.2 Å².